The zero-order valence-electron chi connectivity index (χ0n) is 14.4. The highest BCUT2D eigenvalue weighted by Gasteiger charge is 2.31. The van der Waals surface area contributed by atoms with Gasteiger partial charge in [0, 0.05) is 0 Å². The third-order valence-corrected chi connectivity index (χ3v) is 2.83. The normalized spacial score (nSPS) is 14.4. The molecule has 0 aliphatic rings. The zero-order valence-corrected chi connectivity index (χ0v) is 14.4. The minimum atomic E-state index is -1.12. The second-order valence-electron chi connectivity index (χ2n) is 6.93. The molecule has 0 bridgehead atoms. The Morgan fingerprint density at radius 2 is 1.32 bits per heavy atom. The van der Waals surface area contributed by atoms with E-state index in [0.29, 0.717) is 0 Å². The molecule has 2 amide bonds. The van der Waals surface area contributed by atoms with E-state index in [9.17, 15) is 14.4 Å². The van der Waals surface area contributed by atoms with Crippen molar-refractivity contribution in [1.82, 2.24) is 10.6 Å². The van der Waals surface area contributed by atoms with E-state index in [2.05, 4.69) is 10.6 Å². The molecule has 0 saturated heterocycles. The summed E-state index contributed by atoms with van der Waals surface area (Å²) in [7, 11) is 0. The number of aliphatic carboxylic acids is 1. The topological polar surface area (TPSA) is 105 Å². The summed E-state index contributed by atoms with van der Waals surface area (Å²) in [4.78, 5) is 35.1. The van der Waals surface area contributed by atoms with Gasteiger partial charge in [-0.15, -0.1) is 0 Å². The molecule has 0 aromatic carbocycles. The van der Waals surface area contributed by atoms with Gasteiger partial charge in [-0.05, 0) is 32.6 Å². The summed E-state index contributed by atoms with van der Waals surface area (Å²) in [5.41, 5.74) is -0.663. The molecule has 2 atom stereocenters. The van der Waals surface area contributed by atoms with E-state index in [1.165, 1.54) is 0 Å². The Hall–Kier alpha value is -1.79. The van der Waals surface area contributed by atoms with E-state index in [1.54, 1.807) is 48.5 Å². The van der Waals surface area contributed by atoms with Crippen molar-refractivity contribution in [3.8, 4) is 0 Å². The molecular formula is C15H28N2O5. The van der Waals surface area contributed by atoms with E-state index in [4.69, 9.17) is 9.84 Å². The van der Waals surface area contributed by atoms with Crippen molar-refractivity contribution in [2.45, 2.75) is 66.2 Å². The molecule has 0 aromatic rings. The van der Waals surface area contributed by atoms with Crippen molar-refractivity contribution in [3.63, 3.8) is 0 Å². The van der Waals surface area contributed by atoms with Crippen LogP contribution in [0.2, 0.25) is 0 Å². The molecular weight excluding hydrogens is 288 g/mol. The number of esters is 1. The molecule has 3 N–H and O–H groups in total. The van der Waals surface area contributed by atoms with Crippen LogP contribution in [0.4, 0.5) is 4.79 Å². The van der Waals surface area contributed by atoms with Gasteiger partial charge < -0.3 is 20.5 Å². The number of carbonyl (C=O) groups excluding carboxylic acids is 2. The Morgan fingerprint density at radius 1 is 0.909 bits per heavy atom. The maximum absolute atomic E-state index is 12.1. The first kappa shape index (κ1) is 20.2. The van der Waals surface area contributed by atoms with Gasteiger partial charge in [0.25, 0.3) is 0 Å². The molecule has 7 heteroatoms. The minimum Gasteiger partial charge on any atom is -0.480 e. The molecule has 128 valence electrons. The van der Waals surface area contributed by atoms with Gasteiger partial charge in [-0.2, -0.15) is 0 Å². The Morgan fingerprint density at radius 3 is 1.64 bits per heavy atom. The number of urea groups is 1. The third kappa shape index (κ3) is 7.28. The maximum atomic E-state index is 12.1. The fourth-order valence-corrected chi connectivity index (χ4v) is 1.70. The minimum absolute atomic E-state index is 0.192. The number of hydrogen-bond acceptors (Lipinski definition) is 4. The van der Waals surface area contributed by atoms with Crippen molar-refractivity contribution in [1.29, 1.82) is 0 Å². The highest BCUT2D eigenvalue weighted by atomic mass is 16.6. The molecule has 0 aliphatic carbocycles. The lowest BCUT2D eigenvalue weighted by molar-refractivity contribution is -0.158. The van der Waals surface area contributed by atoms with Gasteiger partial charge in [0.15, 0.2) is 0 Å². The summed E-state index contributed by atoms with van der Waals surface area (Å²) in [6, 6.07) is -2.57. The lowest BCUT2D eigenvalue weighted by atomic mass is 10.0. The molecule has 0 heterocycles. The van der Waals surface area contributed by atoms with Crippen molar-refractivity contribution in [2.75, 3.05) is 0 Å². The molecule has 0 saturated carbocycles. The van der Waals surface area contributed by atoms with Gasteiger partial charge in [0.1, 0.15) is 17.7 Å². The smallest absolute Gasteiger partial charge is 0.329 e. The monoisotopic (exact) mass is 316 g/mol. The number of nitrogens with one attached hydrogen (secondary N) is 2. The highest BCUT2D eigenvalue weighted by Crippen LogP contribution is 2.12. The zero-order chi connectivity index (χ0) is 17.7. The van der Waals surface area contributed by atoms with Gasteiger partial charge in [0.2, 0.25) is 0 Å². The van der Waals surface area contributed by atoms with Gasteiger partial charge in [-0.1, -0.05) is 27.7 Å². The fourth-order valence-electron chi connectivity index (χ4n) is 1.70. The van der Waals surface area contributed by atoms with Crippen molar-refractivity contribution in [3.05, 3.63) is 0 Å². The summed E-state index contributed by atoms with van der Waals surface area (Å²) < 4.78 is 5.26. The fraction of sp³-hybridized carbons (Fsp3) is 0.800. The van der Waals surface area contributed by atoms with E-state index in [1.807, 2.05) is 0 Å². The van der Waals surface area contributed by atoms with Crippen molar-refractivity contribution >= 4 is 18.0 Å². The van der Waals surface area contributed by atoms with Crippen LogP contribution in [0.3, 0.4) is 0 Å². The number of rotatable bonds is 6. The number of ether oxygens (including phenoxy) is 1. The van der Waals surface area contributed by atoms with E-state index >= 15 is 0 Å². The molecule has 0 rings (SSSR count). The molecule has 0 fully saturated rings. The maximum Gasteiger partial charge on any atom is 0.329 e. The molecule has 0 aliphatic heterocycles. The van der Waals surface area contributed by atoms with Gasteiger partial charge in [-0.3, -0.25) is 0 Å². The first-order valence-corrected chi connectivity index (χ1v) is 7.37. The average molecular weight is 316 g/mol. The lowest BCUT2D eigenvalue weighted by Gasteiger charge is -2.27. The summed E-state index contributed by atoms with van der Waals surface area (Å²) in [6.07, 6.45) is 0. The van der Waals surface area contributed by atoms with E-state index < -0.39 is 35.7 Å². The Labute approximate surface area is 131 Å². The van der Waals surface area contributed by atoms with Crippen LogP contribution in [0.25, 0.3) is 0 Å². The molecule has 22 heavy (non-hydrogen) atoms. The van der Waals surface area contributed by atoms with Crippen molar-refractivity contribution in [2.24, 2.45) is 11.8 Å². The van der Waals surface area contributed by atoms with Crippen LogP contribution in [-0.2, 0) is 14.3 Å². The van der Waals surface area contributed by atoms with Gasteiger partial charge in [-0.25, -0.2) is 14.4 Å². The molecule has 0 aromatic heterocycles. The van der Waals surface area contributed by atoms with Crippen LogP contribution in [0.5, 0.6) is 0 Å². The van der Waals surface area contributed by atoms with Crippen LogP contribution < -0.4 is 10.6 Å². The first-order chi connectivity index (χ1) is 9.85. The predicted octanol–water partition coefficient (Wildman–Crippen LogP) is 1.76. The summed E-state index contributed by atoms with van der Waals surface area (Å²) >= 11 is 0. The molecule has 0 radical (unpaired) electrons. The lowest BCUT2D eigenvalue weighted by Crippen LogP contribution is -2.54. The average Bonchev–Trinajstić information content (AvgIpc) is 2.29. The van der Waals surface area contributed by atoms with Crippen LogP contribution >= 0.6 is 0 Å². The second-order valence-corrected chi connectivity index (χ2v) is 6.93. The Kier molecular flexibility index (Phi) is 7.35. The SMILES string of the molecule is CC(C)[C@H](NC(=O)N[C@H](C(=O)OC(C)(C)C)C(C)C)C(=O)O. The molecule has 0 spiro atoms. The van der Waals surface area contributed by atoms with Gasteiger partial charge >= 0.3 is 18.0 Å². The number of hydrogen-bond donors (Lipinski definition) is 3. The Balaban J connectivity index is 4.86. The first-order valence-electron chi connectivity index (χ1n) is 7.37. The Bertz CT molecular complexity index is 413. The summed E-state index contributed by atoms with van der Waals surface area (Å²) in [6.45, 7) is 12.1. The number of amides is 2. The van der Waals surface area contributed by atoms with E-state index in [-0.39, 0.29) is 11.8 Å². The highest BCUT2D eigenvalue weighted by molar-refractivity contribution is 5.87. The largest absolute Gasteiger partial charge is 0.480 e. The second kappa shape index (κ2) is 8.00. The predicted molar refractivity (Wildman–Crippen MR) is 82.4 cm³/mol. The number of carboxylic acids is 1. The van der Waals surface area contributed by atoms with Gasteiger partial charge in [0.05, 0.1) is 0 Å². The third-order valence-electron chi connectivity index (χ3n) is 2.83. The van der Waals surface area contributed by atoms with Crippen LogP contribution in [0, 0.1) is 11.8 Å². The molecule has 7 nitrogen and oxygen atoms in total. The van der Waals surface area contributed by atoms with Crippen LogP contribution in [0.15, 0.2) is 0 Å². The van der Waals surface area contributed by atoms with E-state index in [0.717, 1.165) is 0 Å². The summed E-state index contributed by atoms with van der Waals surface area (Å²) in [5.74, 6) is -2.14. The van der Waals surface area contributed by atoms with Crippen LogP contribution in [0.1, 0.15) is 48.5 Å². The van der Waals surface area contributed by atoms with Crippen LogP contribution in [-0.4, -0.2) is 40.8 Å². The summed E-state index contributed by atoms with van der Waals surface area (Å²) in [5, 5.41) is 13.9. The quantitative estimate of drug-likeness (QED) is 0.648. The number of carbonyl (C=O) groups is 3. The standard InChI is InChI=1S/C15H28N2O5/c1-8(2)10(12(18)19)16-14(21)17-11(9(3)4)13(20)22-15(5,6)7/h8-11H,1-7H3,(H,18,19)(H2,16,17,21)/t10-,11-/m0/s1. The molecule has 0 unspecified atom stereocenters. The number of carboxylic acid groups (broad SMARTS) is 1. The van der Waals surface area contributed by atoms with Crippen molar-refractivity contribution < 1.29 is 24.2 Å².